The summed E-state index contributed by atoms with van der Waals surface area (Å²) >= 11 is 2.31. The van der Waals surface area contributed by atoms with Crippen molar-refractivity contribution < 1.29 is 4.74 Å². The van der Waals surface area contributed by atoms with Crippen molar-refractivity contribution in [2.75, 3.05) is 25.1 Å². The second kappa shape index (κ2) is 7.81. The molecule has 0 saturated heterocycles. The molecule has 1 heterocycles. The Morgan fingerprint density at radius 3 is 2.59 bits per heavy atom. The summed E-state index contributed by atoms with van der Waals surface area (Å²) in [6.07, 6.45) is 1.71. The first kappa shape index (κ1) is 14.6. The van der Waals surface area contributed by atoms with Crippen LogP contribution in [-0.4, -0.2) is 29.7 Å². The minimum atomic E-state index is 0.686. The summed E-state index contributed by atoms with van der Waals surface area (Å²) in [4.78, 5) is 9.10. The van der Waals surface area contributed by atoms with Crippen LogP contribution in [0.1, 0.15) is 32.3 Å². The van der Waals surface area contributed by atoms with Crippen LogP contribution in [0.2, 0.25) is 0 Å². The molecule has 0 aromatic carbocycles. The molecule has 0 saturated carbocycles. The smallest absolute Gasteiger partial charge is 0.143 e. The summed E-state index contributed by atoms with van der Waals surface area (Å²) in [5, 5.41) is 3.28. The minimum Gasteiger partial charge on any atom is -0.381 e. The molecular formula is C12H20IN3O. The number of rotatable bonds is 7. The molecule has 1 rings (SSSR count). The van der Waals surface area contributed by atoms with Crippen molar-refractivity contribution in [3.63, 3.8) is 0 Å². The Bertz CT molecular complexity index is 358. The number of nitrogens with zero attached hydrogens (tertiary/aromatic N) is 2. The zero-order valence-electron chi connectivity index (χ0n) is 10.7. The number of nitrogens with one attached hydrogen (secondary N) is 1. The fourth-order valence-electron chi connectivity index (χ4n) is 1.48. The van der Waals surface area contributed by atoms with Crippen molar-refractivity contribution in [3.05, 3.63) is 15.1 Å². The molecule has 17 heavy (non-hydrogen) atoms. The Morgan fingerprint density at radius 1 is 1.24 bits per heavy atom. The van der Waals surface area contributed by atoms with E-state index in [4.69, 9.17) is 4.74 Å². The first-order chi connectivity index (χ1) is 8.22. The topological polar surface area (TPSA) is 47.0 Å². The molecule has 0 fully saturated rings. The maximum Gasteiger partial charge on any atom is 0.143 e. The third-order valence-corrected chi connectivity index (χ3v) is 3.45. The first-order valence-corrected chi connectivity index (χ1v) is 7.17. The van der Waals surface area contributed by atoms with Crippen molar-refractivity contribution in [1.29, 1.82) is 0 Å². The van der Waals surface area contributed by atoms with Crippen LogP contribution < -0.4 is 5.32 Å². The minimum absolute atomic E-state index is 0.686. The third-order valence-electron chi connectivity index (χ3n) is 2.32. The van der Waals surface area contributed by atoms with Crippen molar-refractivity contribution in [1.82, 2.24) is 9.97 Å². The highest BCUT2D eigenvalue weighted by atomic mass is 127. The van der Waals surface area contributed by atoms with E-state index in [-0.39, 0.29) is 0 Å². The Hall–Kier alpha value is -0.430. The highest BCUT2D eigenvalue weighted by molar-refractivity contribution is 14.1. The summed E-state index contributed by atoms with van der Waals surface area (Å²) in [5.41, 5.74) is 1.11. The van der Waals surface area contributed by atoms with Gasteiger partial charge >= 0.3 is 0 Å². The van der Waals surface area contributed by atoms with Crippen molar-refractivity contribution >= 4 is 28.4 Å². The Kier molecular flexibility index (Phi) is 6.72. The molecule has 96 valence electrons. The number of halogens is 1. The van der Waals surface area contributed by atoms with Gasteiger partial charge in [0, 0.05) is 19.6 Å². The van der Waals surface area contributed by atoms with Crippen LogP contribution in [0.3, 0.4) is 0 Å². The van der Waals surface area contributed by atoms with Crippen LogP contribution >= 0.6 is 22.6 Å². The lowest BCUT2D eigenvalue weighted by Crippen LogP contribution is -2.11. The summed E-state index contributed by atoms with van der Waals surface area (Å²) in [5.74, 6) is 1.82. The lowest BCUT2D eigenvalue weighted by atomic mass is 10.3. The highest BCUT2D eigenvalue weighted by Crippen LogP contribution is 2.19. The van der Waals surface area contributed by atoms with Gasteiger partial charge in [-0.25, -0.2) is 9.97 Å². The second-order valence-corrected chi connectivity index (χ2v) is 4.66. The van der Waals surface area contributed by atoms with E-state index in [1.54, 1.807) is 0 Å². The molecule has 0 radical (unpaired) electrons. The van der Waals surface area contributed by atoms with E-state index < -0.39 is 0 Å². The fourth-order valence-corrected chi connectivity index (χ4v) is 2.30. The van der Waals surface area contributed by atoms with Crippen LogP contribution in [0, 0.1) is 3.57 Å². The average Bonchev–Trinajstić information content (AvgIpc) is 2.33. The standard InChI is InChI=1S/C12H20IN3O/c1-4-9-11(13)12(14-5-2)16-10(15-9)7-8-17-6-3/h4-8H2,1-3H3,(H,14,15,16). The molecule has 0 aliphatic carbocycles. The van der Waals surface area contributed by atoms with E-state index in [1.165, 1.54) is 0 Å². The fraction of sp³-hybridized carbons (Fsp3) is 0.667. The van der Waals surface area contributed by atoms with Crippen LogP contribution in [0.15, 0.2) is 0 Å². The van der Waals surface area contributed by atoms with Gasteiger partial charge in [0.25, 0.3) is 0 Å². The summed E-state index contributed by atoms with van der Waals surface area (Å²) in [6, 6.07) is 0. The van der Waals surface area contributed by atoms with Crippen LogP contribution in [-0.2, 0) is 17.6 Å². The number of anilines is 1. The van der Waals surface area contributed by atoms with E-state index in [9.17, 15) is 0 Å². The highest BCUT2D eigenvalue weighted by Gasteiger charge is 2.10. The monoisotopic (exact) mass is 349 g/mol. The quantitative estimate of drug-likeness (QED) is 0.607. The predicted molar refractivity (Wildman–Crippen MR) is 78.5 cm³/mol. The van der Waals surface area contributed by atoms with Gasteiger partial charge in [0.2, 0.25) is 0 Å². The summed E-state index contributed by atoms with van der Waals surface area (Å²) in [7, 11) is 0. The molecular weight excluding hydrogens is 329 g/mol. The van der Waals surface area contributed by atoms with Gasteiger partial charge in [-0.05, 0) is 42.9 Å². The Balaban J connectivity index is 2.86. The van der Waals surface area contributed by atoms with Crippen molar-refractivity contribution in [2.45, 2.75) is 33.6 Å². The van der Waals surface area contributed by atoms with Gasteiger partial charge in [-0.1, -0.05) is 6.92 Å². The maximum atomic E-state index is 5.34. The number of ether oxygens (including phenoxy) is 1. The second-order valence-electron chi connectivity index (χ2n) is 3.58. The van der Waals surface area contributed by atoms with Crippen LogP contribution in [0.25, 0.3) is 0 Å². The van der Waals surface area contributed by atoms with E-state index >= 15 is 0 Å². The molecule has 4 nitrogen and oxygen atoms in total. The molecule has 0 amide bonds. The van der Waals surface area contributed by atoms with E-state index in [2.05, 4.69) is 51.7 Å². The average molecular weight is 349 g/mol. The van der Waals surface area contributed by atoms with Crippen molar-refractivity contribution in [2.24, 2.45) is 0 Å². The zero-order chi connectivity index (χ0) is 12.7. The summed E-state index contributed by atoms with van der Waals surface area (Å²) in [6.45, 7) is 8.49. The van der Waals surface area contributed by atoms with E-state index in [1.807, 2.05) is 6.92 Å². The van der Waals surface area contributed by atoms with Gasteiger partial charge in [-0.3, -0.25) is 0 Å². The normalized spacial score (nSPS) is 10.6. The maximum absolute atomic E-state index is 5.34. The lowest BCUT2D eigenvalue weighted by molar-refractivity contribution is 0.149. The van der Waals surface area contributed by atoms with Gasteiger partial charge in [-0.15, -0.1) is 0 Å². The molecule has 5 heteroatoms. The van der Waals surface area contributed by atoms with Gasteiger partial charge < -0.3 is 10.1 Å². The first-order valence-electron chi connectivity index (χ1n) is 6.09. The number of hydrogen-bond acceptors (Lipinski definition) is 4. The number of aromatic nitrogens is 2. The molecule has 0 aliphatic heterocycles. The Morgan fingerprint density at radius 2 is 2.00 bits per heavy atom. The molecule has 1 aromatic heterocycles. The molecule has 1 N–H and O–H groups in total. The van der Waals surface area contributed by atoms with Gasteiger partial charge in [0.05, 0.1) is 15.9 Å². The van der Waals surface area contributed by atoms with Crippen molar-refractivity contribution in [3.8, 4) is 0 Å². The molecule has 0 aliphatic rings. The SMILES string of the molecule is CCNc1nc(CCOCC)nc(CC)c1I. The summed E-state index contributed by atoms with van der Waals surface area (Å²) < 4.78 is 6.47. The molecule has 0 spiro atoms. The van der Waals surface area contributed by atoms with E-state index in [0.717, 1.165) is 46.9 Å². The molecule has 0 atom stereocenters. The van der Waals surface area contributed by atoms with Crippen LogP contribution in [0.5, 0.6) is 0 Å². The third kappa shape index (κ3) is 4.39. The van der Waals surface area contributed by atoms with Gasteiger partial charge in [0.15, 0.2) is 0 Å². The molecule has 0 bridgehead atoms. The molecule has 1 aromatic rings. The van der Waals surface area contributed by atoms with Crippen LogP contribution in [0.4, 0.5) is 5.82 Å². The zero-order valence-corrected chi connectivity index (χ0v) is 12.9. The largest absolute Gasteiger partial charge is 0.381 e. The van der Waals surface area contributed by atoms with Gasteiger partial charge in [-0.2, -0.15) is 0 Å². The molecule has 0 unspecified atom stereocenters. The lowest BCUT2D eigenvalue weighted by Gasteiger charge is -2.11. The van der Waals surface area contributed by atoms with Gasteiger partial charge in [0.1, 0.15) is 11.6 Å². The van der Waals surface area contributed by atoms with E-state index in [0.29, 0.717) is 6.61 Å². The predicted octanol–water partition coefficient (Wildman–Crippen LogP) is 2.65. The number of aryl methyl sites for hydroxylation is 1. The Labute approximate surface area is 117 Å². The number of hydrogen-bond donors (Lipinski definition) is 1.